The van der Waals surface area contributed by atoms with E-state index in [0.29, 0.717) is 19.0 Å². The first-order chi connectivity index (χ1) is 11.3. The van der Waals surface area contributed by atoms with E-state index in [1.54, 1.807) is 0 Å². The van der Waals surface area contributed by atoms with E-state index in [1.165, 1.54) is 37.7 Å². The molecule has 0 saturated heterocycles. The molecular formula is C19H24N2O2. The third-order valence-corrected chi connectivity index (χ3v) is 5.22. The highest BCUT2D eigenvalue weighted by molar-refractivity contribution is 5.31. The standard InChI is InChI=1S/C19H24N2O2/c22-19-13-21(11-15-8-4-5-9-17(15)19)12-16-10-18(20-23-16)14-6-2-1-3-7-14/h4-5,8-10,14,19,22H,1-3,6-7,11-13H2/t19-/m1/s1. The minimum atomic E-state index is -0.416. The highest BCUT2D eigenvalue weighted by atomic mass is 16.5. The zero-order valence-corrected chi connectivity index (χ0v) is 13.4. The SMILES string of the molecule is O[C@@H]1CN(Cc2cc(C3CCCCC3)no2)Cc2ccccc21. The third kappa shape index (κ3) is 3.19. The van der Waals surface area contributed by atoms with Gasteiger partial charge in [-0.1, -0.05) is 48.7 Å². The molecule has 1 N–H and O–H groups in total. The van der Waals surface area contributed by atoms with Gasteiger partial charge in [0.05, 0.1) is 18.3 Å². The number of β-amino-alcohol motifs (C(OH)–C–C–N with tert-alkyl or cyclic N) is 1. The Bertz CT molecular complexity index is 661. The molecule has 1 fully saturated rings. The van der Waals surface area contributed by atoms with E-state index in [0.717, 1.165) is 23.6 Å². The molecule has 23 heavy (non-hydrogen) atoms. The van der Waals surface area contributed by atoms with E-state index in [-0.39, 0.29) is 0 Å². The summed E-state index contributed by atoms with van der Waals surface area (Å²) < 4.78 is 5.57. The highest BCUT2D eigenvalue weighted by Gasteiger charge is 2.25. The van der Waals surface area contributed by atoms with Crippen molar-refractivity contribution in [1.82, 2.24) is 10.1 Å². The Hall–Kier alpha value is -1.65. The zero-order valence-electron chi connectivity index (χ0n) is 13.4. The highest BCUT2D eigenvalue weighted by Crippen LogP contribution is 2.33. The lowest BCUT2D eigenvalue weighted by molar-refractivity contribution is 0.0826. The van der Waals surface area contributed by atoms with Crippen molar-refractivity contribution in [3.63, 3.8) is 0 Å². The van der Waals surface area contributed by atoms with Crippen molar-refractivity contribution >= 4 is 0 Å². The zero-order chi connectivity index (χ0) is 15.6. The van der Waals surface area contributed by atoms with Gasteiger partial charge >= 0.3 is 0 Å². The van der Waals surface area contributed by atoms with Crippen LogP contribution in [0.4, 0.5) is 0 Å². The normalized spacial score (nSPS) is 22.9. The van der Waals surface area contributed by atoms with Crippen LogP contribution in [0.2, 0.25) is 0 Å². The summed E-state index contributed by atoms with van der Waals surface area (Å²) in [6.07, 6.45) is 6.03. The van der Waals surface area contributed by atoms with Gasteiger partial charge in [-0.3, -0.25) is 4.90 Å². The van der Waals surface area contributed by atoms with Crippen LogP contribution in [0.5, 0.6) is 0 Å². The van der Waals surface area contributed by atoms with E-state index in [9.17, 15) is 5.11 Å². The van der Waals surface area contributed by atoms with Gasteiger partial charge < -0.3 is 9.63 Å². The van der Waals surface area contributed by atoms with Crippen LogP contribution in [0.15, 0.2) is 34.9 Å². The molecule has 4 rings (SSSR count). The summed E-state index contributed by atoms with van der Waals surface area (Å²) in [4.78, 5) is 2.23. The van der Waals surface area contributed by atoms with Crippen molar-refractivity contribution in [2.24, 2.45) is 0 Å². The molecule has 1 aliphatic heterocycles. The Kier molecular flexibility index (Phi) is 4.19. The Morgan fingerprint density at radius 3 is 2.87 bits per heavy atom. The van der Waals surface area contributed by atoms with Gasteiger partial charge in [-0.2, -0.15) is 0 Å². The monoisotopic (exact) mass is 312 g/mol. The second-order valence-electron chi connectivity index (χ2n) is 6.94. The third-order valence-electron chi connectivity index (χ3n) is 5.22. The number of aliphatic hydroxyl groups is 1. The van der Waals surface area contributed by atoms with Crippen LogP contribution in [0, 0.1) is 0 Å². The molecular weight excluding hydrogens is 288 g/mol. The Morgan fingerprint density at radius 2 is 2.00 bits per heavy atom. The van der Waals surface area contributed by atoms with Gasteiger partial charge in [0.15, 0.2) is 5.76 Å². The van der Waals surface area contributed by atoms with E-state index in [4.69, 9.17) is 4.52 Å². The lowest BCUT2D eigenvalue weighted by Crippen LogP contribution is -2.33. The van der Waals surface area contributed by atoms with E-state index < -0.39 is 6.10 Å². The quantitative estimate of drug-likeness (QED) is 0.937. The van der Waals surface area contributed by atoms with Crippen LogP contribution >= 0.6 is 0 Å². The average molecular weight is 312 g/mol. The van der Waals surface area contributed by atoms with Gasteiger partial charge in [0, 0.05) is 25.1 Å². The summed E-state index contributed by atoms with van der Waals surface area (Å²) in [5.41, 5.74) is 3.39. The fraction of sp³-hybridized carbons (Fsp3) is 0.526. The van der Waals surface area contributed by atoms with Crippen molar-refractivity contribution in [1.29, 1.82) is 0 Å². The number of nitrogens with zero attached hydrogens (tertiary/aromatic N) is 2. The summed E-state index contributed by atoms with van der Waals surface area (Å²) in [5.74, 6) is 1.49. The predicted octanol–water partition coefficient (Wildman–Crippen LogP) is 3.77. The van der Waals surface area contributed by atoms with Gasteiger partial charge in [0.1, 0.15) is 0 Å². The molecule has 4 heteroatoms. The van der Waals surface area contributed by atoms with Crippen molar-refractivity contribution in [3.05, 3.63) is 52.9 Å². The summed E-state index contributed by atoms with van der Waals surface area (Å²) >= 11 is 0. The van der Waals surface area contributed by atoms with Crippen molar-refractivity contribution in [3.8, 4) is 0 Å². The van der Waals surface area contributed by atoms with E-state index in [2.05, 4.69) is 22.2 Å². The Morgan fingerprint density at radius 1 is 1.17 bits per heavy atom. The lowest BCUT2D eigenvalue weighted by atomic mass is 9.87. The van der Waals surface area contributed by atoms with Crippen LogP contribution in [0.3, 0.4) is 0 Å². The molecule has 1 aromatic heterocycles. The number of hydrogen-bond donors (Lipinski definition) is 1. The maximum Gasteiger partial charge on any atom is 0.150 e. The molecule has 2 aliphatic rings. The largest absolute Gasteiger partial charge is 0.387 e. The topological polar surface area (TPSA) is 49.5 Å². The molecule has 1 aliphatic carbocycles. The fourth-order valence-electron chi connectivity index (χ4n) is 3.99. The molecule has 0 amide bonds. The van der Waals surface area contributed by atoms with Gasteiger partial charge in [-0.15, -0.1) is 0 Å². The smallest absolute Gasteiger partial charge is 0.150 e. The molecule has 4 nitrogen and oxygen atoms in total. The van der Waals surface area contributed by atoms with Crippen LogP contribution in [-0.2, 0) is 13.1 Å². The number of hydrogen-bond acceptors (Lipinski definition) is 4. The Balaban J connectivity index is 1.44. The second kappa shape index (κ2) is 6.46. The first-order valence-corrected chi connectivity index (χ1v) is 8.73. The number of benzene rings is 1. The van der Waals surface area contributed by atoms with Crippen LogP contribution in [-0.4, -0.2) is 21.7 Å². The molecule has 122 valence electrons. The van der Waals surface area contributed by atoms with Crippen LogP contribution in [0.1, 0.15) is 66.7 Å². The molecule has 0 bridgehead atoms. The summed E-state index contributed by atoms with van der Waals surface area (Å²) in [5, 5.41) is 14.6. The van der Waals surface area contributed by atoms with Gasteiger partial charge in [0.25, 0.3) is 0 Å². The predicted molar refractivity (Wildman–Crippen MR) is 87.8 cm³/mol. The van der Waals surface area contributed by atoms with Gasteiger partial charge in [0.2, 0.25) is 0 Å². The van der Waals surface area contributed by atoms with E-state index in [1.807, 2.05) is 18.2 Å². The Labute approximate surface area is 137 Å². The van der Waals surface area contributed by atoms with Crippen LogP contribution in [0.25, 0.3) is 0 Å². The maximum absolute atomic E-state index is 10.3. The summed E-state index contributed by atoms with van der Waals surface area (Å²) in [6.45, 7) is 2.22. The molecule has 1 atom stereocenters. The molecule has 2 heterocycles. The van der Waals surface area contributed by atoms with Gasteiger partial charge in [-0.05, 0) is 24.0 Å². The fourth-order valence-corrected chi connectivity index (χ4v) is 3.99. The minimum absolute atomic E-state index is 0.416. The molecule has 0 unspecified atom stereocenters. The maximum atomic E-state index is 10.3. The number of aliphatic hydroxyl groups excluding tert-OH is 1. The first-order valence-electron chi connectivity index (χ1n) is 8.73. The summed E-state index contributed by atoms with van der Waals surface area (Å²) in [6, 6.07) is 10.3. The van der Waals surface area contributed by atoms with Crippen molar-refractivity contribution < 1.29 is 9.63 Å². The number of fused-ring (bicyclic) bond motifs is 1. The van der Waals surface area contributed by atoms with E-state index >= 15 is 0 Å². The number of rotatable bonds is 3. The molecule has 1 saturated carbocycles. The van der Waals surface area contributed by atoms with Crippen molar-refractivity contribution in [2.75, 3.05) is 6.54 Å². The van der Waals surface area contributed by atoms with Crippen molar-refractivity contribution in [2.45, 2.75) is 57.2 Å². The molecule has 0 radical (unpaired) electrons. The first kappa shape index (κ1) is 14.9. The minimum Gasteiger partial charge on any atom is -0.387 e. The molecule has 2 aromatic rings. The second-order valence-corrected chi connectivity index (χ2v) is 6.94. The summed E-state index contributed by atoms with van der Waals surface area (Å²) in [7, 11) is 0. The average Bonchev–Trinajstić information content (AvgIpc) is 3.04. The molecule has 1 aromatic carbocycles. The van der Waals surface area contributed by atoms with Crippen LogP contribution < -0.4 is 0 Å². The lowest BCUT2D eigenvalue weighted by Gasteiger charge is -2.31. The van der Waals surface area contributed by atoms with Gasteiger partial charge in [-0.25, -0.2) is 0 Å². The number of aromatic nitrogens is 1. The molecule has 0 spiro atoms.